The second-order valence-corrected chi connectivity index (χ2v) is 6.94. The van der Waals surface area contributed by atoms with E-state index in [-0.39, 0.29) is 11.7 Å². The van der Waals surface area contributed by atoms with Crippen LogP contribution in [0.4, 0.5) is 24.5 Å². The van der Waals surface area contributed by atoms with Crippen molar-refractivity contribution in [2.24, 2.45) is 0 Å². The third-order valence-electron chi connectivity index (χ3n) is 3.75. The van der Waals surface area contributed by atoms with Gasteiger partial charge in [0.25, 0.3) is 5.91 Å². The quantitative estimate of drug-likeness (QED) is 0.755. The zero-order chi connectivity index (χ0) is 20.2. The number of halogens is 3. The number of nitrogens with zero attached hydrogens (tertiary/aromatic N) is 1. The molecule has 0 fully saturated rings. The molecule has 2 aromatic rings. The fraction of sp³-hybridized carbons (Fsp3) is 0.350. The average molecular weight is 379 g/mol. The number of hydrogen-bond donors (Lipinski definition) is 2. The lowest BCUT2D eigenvalue weighted by molar-refractivity contribution is -0.137. The second-order valence-electron chi connectivity index (χ2n) is 6.94. The van der Waals surface area contributed by atoms with Crippen molar-refractivity contribution in [3.05, 3.63) is 59.2 Å². The number of nitrogens with one attached hydrogen (secondary N) is 2. The van der Waals surface area contributed by atoms with Crippen molar-refractivity contribution < 1.29 is 18.0 Å². The number of carbonyl (C=O) groups is 1. The zero-order valence-electron chi connectivity index (χ0n) is 15.8. The van der Waals surface area contributed by atoms with Crippen LogP contribution in [-0.2, 0) is 12.7 Å². The Morgan fingerprint density at radius 1 is 1.11 bits per heavy atom. The van der Waals surface area contributed by atoms with Crippen molar-refractivity contribution in [2.45, 2.75) is 32.6 Å². The van der Waals surface area contributed by atoms with Crippen molar-refractivity contribution in [1.82, 2.24) is 4.90 Å². The molecule has 0 aliphatic heterocycles. The molecule has 7 heteroatoms. The van der Waals surface area contributed by atoms with Gasteiger partial charge in [0, 0.05) is 29.5 Å². The van der Waals surface area contributed by atoms with Crippen LogP contribution in [0.15, 0.2) is 42.5 Å². The van der Waals surface area contributed by atoms with Gasteiger partial charge in [0.15, 0.2) is 0 Å². The first-order chi connectivity index (χ1) is 12.6. The molecule has 0 saturated carbocycles. The second kappa shape index (κ2) is 8.43. The van der Waals surface area contributed by atoms with Gasteiger partial charge in [-0.3, -0.25) is 4.79 Å². The molecule has 0 aliphatic rings. The van der Waals surface area contributed by atoms with Crippen LogP contribution in [0.25, 0.3) is 0 Å². The molecule has 0 saturated heterocycles. The molecule has 0 aliphatic carbocycles. The van der Waals surface area contributed by atoms with E-state index in [0.717, 1.165) is 23.4 Å². The van der Waals surface area contributed by atoms with Gasteiger partial charge in [-0.2, -0.15) is 13.2 Å². The highest BCUT2D eigenvalue weighted by Crippen LogP contribution is 2.31. The van der Waals surface area contributed by atoms with Gasteiger partial charge in [0.05, 0.1) is 5.56 Å². The van der Waals surface area contributed by atoms with Crippen LogP contribution < -0.4 is 10.6 Å². The Bertz CT molecular complexity index is 801. The van der Waals surface area contributed by atoms with Gasteiger partial charge >= 0.3 is 6.18 Å². The zero-order valence-corrected chi connectivity index (χ0v) is 15.8. The highest BCUT2D eigenvalue weighted by Gasteiger charge is 2.30. The summed E-state index contributed by atoms with van der Waals surface area (Å²) in [5, 5.41) is 5.85. The molecular weight excluding hydrogens is 355 g/mol. The molecule has 0 aromatic heterocycles. The van der Waals surface area contributed by atoms with Crippen LogP contribution >= 0.6 is 0 Å². The molecule has 2 rings (SSSR count). The number of carbonyl (C=O) groups excluding carboxylic acids is 1. The van der Waals surface area contributed by atoms with Gasteiger partial charge in [-0.25, -0.2) is 0 Å². The van der Waals surface area contributed by atoms with Crippen LogP contribution in [-0.4, -0.2) is 30.9 Å². The number of alkyl halides is 3. The largest absolute Gasteiger partial charge is 0.416 e. The third-order valence-corrected chi connectivity index (χ3v) is 3.75. The molecule has 2 N–H and O–H groups in total. The van der Waals surface area contributed by atoms with Crippen LogP contribution in [0.5, 0.6) is 0 Å². The molecule has 0 heterocycles. The van der Waals surface area contributed by atoms with Crippen LogP contribution in [0.2, 0.25) is 0 Å². The number of hydrogen-bond acceptors (Lipinski definition) is 3. The van der Waals surface area contributed by atoms with Crippen molar-refractivity contribution in [2.75, 3.05) is 24.7 Å². The Labute approximate surface area is 157 Å². The maximum absolute atomic E-state index is 12.8. The SMILES string of the molecule is CC(C)Nc1cc(C(=O)Nc2cccc(C(F)(F)F)c2)ccc1CN(C)C. The summed E-state index contributed by atoms with van der Waals surface area (Å²) >= 11 is 0. The summed E-state index contributed by atoms with van der Waals surface area (Å²) in [7, 11) is 3.90. The third kappa shape index (κ3) is 5.99. The molecule has 0 atom stereocenters. The minimum absolute atomic E-state index is 0.102. The summed E-state index contributed by atoms with van der Waals surface area (Å²) in [6.45, 7) is 4.69. The Balaban J connectivity index is 2.25. The Hall–Kier alpha value is -2.54. The van der Waals surface area contributed by atoms with Gasteiger partial charge in [0.1, 0.15) is 0 Å². The van der Waals surface area contributed by atoms with Crippen molar-refractivity contribution in [1.29, 1.82) is 0 Å². The van der Waals surface area contributed by atoms with E-state index in [1.54, 1.807) is 12.1 Å². The fourth-order valence-corrected chi connectivity index (χ4v) is 2.62. The summed E-state index contributed by atoms with van der Waals surface area (Å²) in [4.78, 5) is 14.5. The van der Waals surface area contributed by atoms with Gasteiger partial charge in [-0.05, 0) is 63.8 Å². The standard InChI is InChI=1S/C20H24F3N3O/c1-13(2)24-18-10-14(8-9-15(18)12-26(3)4)19(27)25-17-7-5-6-16(11-17)20(21,22)23/h5-11,13,24H,12H2,1-4H3,(H,25,27). The molecule has 27 heavy (non-hydrogen) atoms. The van der Waals surface area contributed by atoms with E-state index >= 15 is 0 Å². The van der Waals surface area contributed by atoms with E-state index in [1.807, 2.05) is 38.9 Å². The van der Waals surface area contributed by atoms with Crippen molar-refractivity contribution in [3.8, 4) is 0 Å². The number of benzene rings is 2. The normalized spacial score (nSPS) is 11.7. The van der Waals surface area contributed by atoms with Crippen molar-refractivity contribution >= 4 is 17.3 Å². The van der Waals surface area contributed by atoms with E-state index in [0.29, 0.717) is 12.1 Å². The molecule has 2 aromatic carbocycles. The average Bonchev–Trinajstić information content (AvgIpc) is 2.55. The predicted octanol–water partition coefficient (Wildman–Crippen LogP) is 4.84. The van der Waals surface area contributed by atoms with E-state index < -0.39 is 17.6 Å². The predicted molar refractivity (Wildman–Crippen MR) is 102 cm³/mol. The van der Waals surface area contributed by atoms with Gasteiger partial charge in [-0.1, -0.05) is 12.1 Å². The maximum Gasteiger partial charge on any atom is 0.416 e. The molecule has 0 bridgehead atoms. The molecule has 0 radical (unpaired) electrons. The van der Waals surface area contributed by atoms with Gasteiger partial charge < -0.3 is 15.5 Å². The molecule has 0 spiro atoms. The lowest BCUT2D eigenvalue weighted by Crippen LogP contribution is -2.18. The monoisotopic (exact) mass is 379 g/mol. The Morgan fingerprint density at radius 2 is 1.81 bits per heavy atom. The van der Waals surface area contributed by atoms with Crippen LogP contribution in [0.1, 0.15) is 35.3 Å². The summed E-state index contributed by atoms with van der Waals surface area (Å²) in [6.07, 6.45) is -4.46. The minimum Gasteiger partial charge on any atom is -0.383 e. The van der Waals surface area contributed by atoms with Crippen LogP contribution in [0.3, 0.4) is 0 Å². The smallest absolute Gasteiger partial charge is 0.383 e. The minimum atomic E-state index is -4.46. The van der Waals surface area contributed by atoms with Gasteiger partial charge in [0.2, 0.25) is 0 Å². The topological polar surface area (TPSA) is 44.4 Å². The first-order valence-electron chi connectivity index (χ1n) is 8.59. The summed E-state index contributed by atoms with van der Waals surface area (Å²) in [5.41, 5.74) is 1.53. The van der Waals surface area contributed by atoms with E-state index in [9.17, 15) is 18.0 Å². The fourth-order valence-electron chi connectivity index (χ4n) is 2.62. The van der Waals surface area contributed by atoms with Crippen LogP contribution in [0, 0.1) is 0 Å². The van der Waals surface area contributed by atoms with E-state index in [2.05, 4.69) is 10.6 Å². The first-order valence-corrected chi connectivity index (χ1v) is 8.59. The lowest BCUT2D eigenvalue weighted by Gasteiger charge is -2.19. The highest BCUT2D eigenvalue weighted by atomic mass is 19.4. The molecular formula is C20H24F3N3O. The first kappa shape index (κ1) is 20.8. The van der Waals surface area contributed by atoms with Gasteiger partial charge in [-0.15, -0.1) is 0 Å². The Kier molecular flexibility index (Phi) is 6.49. The number of anilines is 2. The highest BCUT2D eigenvalue weighted by molar-refractivity contribution is 6.05. The van der Waals surface area contributed by atoms with E-state index in [1.165, 1.54) is 12.1 Å². The van der Waals surface area contributed by atoms with E-state index in [4.69, 9.17) is 0 Å². The lowest BCUT2D eigenvalue weighted by atomic mass is 10.1. The number of amides is 1. The molecule has 146 valence electrons. The Morgan fingerprint density at radius 3 is 2.41 bits per heavy atom. The van der Waals surface area contributed by atoms with Crippen molar-refractivity contribution in [3.63, 3.8) is 0 Å². The maximum atomic E-state index is 12.8. The molecule has 4 nitrogen and oxygen atoms in total. The summed E-state index contributed by atoms with van der Waals surface area (Å²) < 4.78 is 38.5. The number of rotatable bonds is 6. The summed E-state index contributed by atoms with van der Waals surface area (Å²) in [5.74, 6) is -0.461. The molecule has 1 amide bonds. The molecule has 0 unspecified atom stereocenters. The summed E-state index contributed by atoms with van der Waals surface area (Å²) in [6, 6.07) is 10.0.